The Balaban J connectivity index is 0.000000451. The van der Waals surface area contributed by atoms with Crippen molar-refractivity contribution in [1.29, 1.82) is 0 Å². The normalized spacial score (nSPS) is 17.4. The van der Waals surface area contributed by atoms with Crippen molar-refractivity contribution in [2.24, 2.45) is 0 Å². The number of amides is 1. The van der Waals surface area contributed by atoms with E-state index >= 15 is 0 Å². The molecular weight excluding hydrogens is 433 g/mol. The van der Waals surface area contributed by atoms with Gasteiger partial charge in [0.25, 0.3) is 5.91 Å². The van der Waals surface area contributed by atoms with Gasteiger partial charge in [-0.05, 0) is 55.7 Å². The van der Waals surface area contributed by atoms with Crippen LogP contribution >= 0.6 is 0 Å². The van der Waals surface area contributed by atoms with Crippen molar-refractivity contribution in [2.45, 2.75) is 62.9 Å². The minimum atomic E-state index is -5.08. The molecule has 0 aliphatic heterocycles. The summed E-state index contributed by atoms with van der Waals surface area (Å²) >= 11 is 0. The van der Waals surface area contributed by atoms with Crippen molar-refractivity contribution in [3.63, 3.8) is 0 Å². The highest BCUT2D eigenvalue weighted by atomic mass is 19.4. The number of esters is 1. The SMILES string of the molecule is O=C(C=Cc1ccc(CNC2(C(=O)OC3CCCC3)CC2)cc1)NO.O=C(O)C(F)(F)F. The molecule has 0 saturated heterocycles. The van der Waals surface area contributed by atoms with Crippen LogP contribution in [0.5, 0.6) is 0 Å². The molecule has 1 amide bonds. The van der Waals surface area contributed by atoms with Gasteiger partial charge < -0.3 is 9.84 Å². The largest absolute Gasteiger partial charge is 0.490 e. The van der Waals surface area contributed by atoms with Crippen LogP contribution in [-0.2, 0) is 25.7 Å². The summed E-state index contributed by atoms with van der Waals surface area (Å²) in [6.45, 7) is 0.598. The first kappa shape index (κ1) is 25.3. The molecule has 0 aromatic heterocycles. The Bertz CT molecular complexity index is 829. The highest BCUT2D eigenvalue weighted by Crippen LogP contribution is 2.38. The van der Waals surface area contributed by atoms with Gasteiger partial charge in [-0.1, -0.05) is 24.3 Å². The number of halogens is 3. The highest BCUT2D eigenvalue weighted by molar-refractivity contribution is 5.90. The molecule has 0 atom stereocenters. The first-order chi connectivity index (χ1) is 15.1. The van der Waals surface area contributed by atoms with E-state index in [1.807, 2.05) is 24.3 Å². The lowest BCUT2D eigenvalue weighted by atomic mass is 10.1. The number of carbonyl (C=O) groups is 3. The molecule has 176 valence electrons. The molecule has 11 heteroatoms. The number of rotatable bonds is 7. The third-order valence-corrected chi connectivity index (χ3v) is 5.11. The zero-order valence-electron chi connectivity index (χ0n) is 17.2. The average Bonchev–Trinajstić information content (AvgIpc) is 3.38. The Labute approximate surface area is 182 Å². The van der Waals surface area contributed by atoms with Crippen molar-refractivity contribution in [3.8, 4) is 0 Å². The monoisotopic (exact) mass is 458 g/mol. The minimum Gasteiger partial charge on any atom is -0.475 e. The molecule has 2 saturated carbocycles. The zero-order valence-corrected chi connectivity index (χ0v) is 17.2. The van der Waals surface area contributed by atoms with Crippen LogP contribution in [0.15, 0.2) is 30.3 Å². The number of aliphatic carboxylic acids is 1. The smallest absolute Gasteiger partial charge is 0.475 e. The first-order valence-electron chi connectivity index (χ1n) is 10.0. The summed E-state index contributed by atoms with van der Waals surface area (Å²) in [5.41, 5.74) is 2.96. The van der Waals surface area contributed by atoms with Crippen molar-refractivity contribution in [1.82, 2.24) is 10.8 Å². The van der Waals surface area contributed by atoms with Crippen molar-refractivity contribution in [3.05, 3.63) is 41.5 Å². The predicted octanol–water partition coefficient (Wildman–Crippen LogP) is 2.95. The van der Waals surface area contributed by atoms with E-state index in [4.69, 9.17) is 19.8 Å². The van der Waals surface area contributed by atoms with Gasteiger partial charge in [0.1, 0.15) is 11.6 Å². The lowest BCUT2D eigenvalue weighted by Crippen LogP contribution is -2.41. The Morgan fingerprint density at radius 2 is 1.69 bits per heavy atom. The second kappa shape index (κ2) is 11.1. The molecule has 2 fully saturated rings. The van der Waals surface area contributed by atoms with Gasteiger partial charge in [0, 0.05) is 12.6 Å². The number of carboxylic acid groups (broad SMARTS) is 1. The summed E-state index contributed by atoms with van der Waals surface area (Å²) in [6.07, 6.45) is 3.84. The van der Waals surface area contributed by atoms with Gasteiger partial charge in [0.15, 0.2) is 0 Å². The van der Waals surface area contributed by atoms with E-state index in [-0.39, 0.29) is 12.1 Å². The third kappa shape index (κ3) is 7.97. The Hall–Kier alpha value is -2.92. The van der Waals surface area contributed by atoms with Gasteiger partial charge in [0.05, 0.1) is 0 Å². The van der Waals surface area contributed by atoms with E-state index < -0.39 is 23.6 Å². The maximum Gasteiger partial charge on any atom is 0.490 e. The number of alkyl halides is 3. The van der Waals surface area contributed by atoms with Gasteiger partial charge in [-0.2, -0.15) is 13.2 Å². The molecule has 2 aliphatic rings. The molecule has 0 unspecified atom stereocenters. The molecule has 32 heavy (non-hydrogen) atoms. The fourth-order valence-electron chi connectivity index (χ4n) is 3.08. The quantitative estimate of drug-likeness (QED) is 0.214. The Morgan fingerprint density at radius 3 is 2.16 bits per heavy atom. The van der Waals surface area contributed by atoms with Crippen molar-refractivity contribution >= 4 is 23.9 Å². The molecule has 0 radical (unpaired) electrons. The van der Waals surface area contributed by atoms with E-state index in [0.717, 1.165) is 49.7 Å². The van der Waals surface area contributed by atoms with Crippen LogP contribution in [0, 0.1) is 0 Å². The van der Waals surface area contributed by atoms with Gasteiger partial charge in [-0.25, -0.2) is 10.3 Å². The lowest BCUT2D eigenvalue weighted by Gasteiger charge is -2.19. The second-order valence-electron chi connectivity index (χ2n) is 7.60. The summed E-state index contributed by atoms with van der Waals surface area (Å²) in [6, 6.07) is 7.66. The molecule has 4 N–H and O–H groups in total. The molecule has 2 aliphatic carbocycles. The van der Waals surface area contributed by atoms with E-state index in [1.54, 1.807) is 11.6 Å². The van der Waals surface area contributed by atoms with E-state index in [0.29, 0.717) is 6.54 Å². The topological polar surface area (TPSA) is 125 Å². The summed E-state index contributed by atoms with van der Waals surface area (Å²) in [4.78, 5) is 32.2. The van der Waals surface area contributed by atoms with Crippen LogP contribution in [0.3, 0.4) is 0 Å². The molecule has 1 aromatic rings. The number of hydroxylamine groups is 1. The number of benzene rings is 1. The number of ether oxygens (including phenoxy) is 1. The zero-order chi connectivity index (χ0) is 23.8. The molecule has 3 rings (SSSR count). The molecular formula is C21H25F3N2O6. The third-order valence-electron chi connectivity index (χ3n) is 5.11. The molecule has 0 spiro atoms. The van der Waals surface area contributed by atoms with E-state index in [9.17, 15) is 22.8 Å². The number of hydrogen-bond donors (Lipinski definition) is 4. The van der Waals surface area contributed by atoms with Gasteiger partial charge in [-0.3, -0.25) is 20.1 Å². The predicted molar refractivity (Wildman–Crippen MR) is 106 cm³/mol. The number of carboxylic acids is 1. The van der Waals surface area contributed by atoms with E-state index in [2.05, 4.69) is 5.32 Å². The number of carbonyl (C=O) groups excluding carboxylic acids is 2. The summed E-state index contributed by atoms with van der Waals surface area (Å²) in [5.74, 6) is -3.43. The maximum absolute atomic E-state index is 12.4. The van der Waals surface area contributed by atoms with Crippen LogP contribution in [0.1, 0.15) is 49.7 Å². The van der Waals surface area contributed by atoms with Gasteiger partial charge in [-0.15, -0.1) is 0 Å². The Morgan fingerprint density at radius 1 is 1.12 bits per heavy atom. The van der Waals surface area contributed by atoms with Crippen LogP contribution in [0.25, 0.3) is 6.08 Å². The lowest BCUT2D eigenvalue weighted by molar-refractivity contribution is -0.192. The Kier molecular flexibility index (Phi) is 8.79. The molecule has 8 nitrogen and oxygen atoms in total. The van der Waals surface area contributed by atoms with Gasteiger partial charge in [0.2, 0.25) is 0 Å². The summed E-state index contributed by atoms with van der Waals surface area (Å²) < 4.78 is 37.4. The summed E-state index contributed by atoms with van der Waals surface area (Å²) in [7, 11) is 0. The average molecular weight is 458 g/mol. The maximum atomic E-state index is 12.4. The van der Waals surface area contributed by atoms with Crippen LogP contribution in [-0.4, -0.2) is 46.0 Å². The molecule has 0 bridgehead atoms. The number of nitrogens with one attached hydrogen (secondary N) is 2. The van der Waals surface area contributed by atoms with Crippen molar-refractivity contribution in [2.75, 3.05) is 0 Å². The fraction of sp³-hybridized carbons (Fsp3) is 0.476. The standard InChI is InChI=1S/C19H24N2O4.C2HF3O2/c22-17(21-24)10-9-14-5-7-15(8-6-14)13-20-19(11-12-19)18(23)25-16-3-1-2-4-16;3-2(4,5)1(6)7/h5-10,16,20,24H,1-4,11-13H2,(H,21,22);(H,6,7). The highest BCUT2D eigenvalue weighted by Gasteiger charge is 2.51. The number of hydrogen-bond acceptors (Lipinski definition) is 6. The summed E-state index contributed by atoms with van der Waals surface area (Å²) in [5, 5.41) is 18.9. The van der Waals surface area contributed by atoms with E-state index in [1.165, 1.54) is 6.08 Å². The second-order valence-corrected chi connectivity index (χ2v) is 7.60. The fourth-order valence-corrected chi connectivity index (χ4v) is 3.08. The van der Waals surface area contributed by atoms with Crippen LogP contribution < -0.4 is 10.8 Å². The molecule has 1 aromatic carbocycles. The van der Waals surface area contributed by atoms with Gasteiger partial charge >= 0.3 is 18.1 Å². The van der Waals surface area contributed by atoms with Crippen LogP contribution in [0.4, 0.5) is 13.2 Å². The van der Waals surface area contributed by atoms with Crippen molar-refractivity contribution < 1.29 is 42.6 Å². The molecule has 0 heterocycles. The first-order valence-corrected chi connectivity index (χ1v) is 10.0. The minimum absolute atomic E-state index is 0.103. The van der Waals surface area contributed by atoms with Crippen LogP contribution in [0.2, 0.25) is 0 Å².